The van der Waals surface area contributed by atoms with Crippen LogP contribution in [0.4, 0.5) is 0 Å². The fraction of sp³-hybridized carbons (Fsp3) is 0.462. The Balaban J connectivity index is 0.00000200. The molecule has 1 fully saturated rings. The highest BCUT2D eigenvalue weighted by atomic mass is 35.5. The number of nitrogens with zero attached hydrogens (tertiary/aromatic N) is 1. The molecule has 0 aliphatic carbocycles. The lowest BCUT2D eigenvalue weighted by Crippen LogP contribution is -2.38. The maximum atomic E-state index is 12.5. The van der Waals surface area contributed by atoms with Crippen molar-refractivity contribution in [3.8, 4) is 5.75 Å². The van der Waals surface area contributed by atoms with E-state index in [0.717, 1.165) is 19.5 Å². The van der Waals surface area contributed by atoms with Crippen LogP contribution < -0.4 is 10.1 Å². The van der Waals surface area contributed by atoms with E-state index >= 15 is 0 Å². The topological polar surface area (TPSA) is 41.6 Å². The number of rotatable bonds is 3. The fourth-order valence-corrected chi connectivity index (χ4v) is 2.51. The normalized spacial score (nSPS) is 17.5. The summed E-state index contributed by atoms with van der Waals surface area (Å²) in [6, 6.07) is 3.33. The smallest absolute Gasteiger partial charge is 0.257 e. The quantitative estimate of drug-likeness (QED) is 0.920. The summed E-state index contributed by atoms with van der Waals surface area (Å²) in [6.45, 7) is 1.74. The average molecular weight is 340 g/mol. The predicted molar refractivity (Wildman–Crippen MR) is 83.6 cm³/mol. The molecule has 1 N–H and O–H groups in total. The molecule has 7 heteroatoms. The van der Waals surface area contributed by atoms with Gasteiger partial charge in [-0.25, -0.2) is 0 Å². The van der Waals surface area contributed by atoms with Gasteiger partial charge < -0.3 is 15.0 Å². The molecular weight excluding hydrogens is 323 g/mol. The van der Waals surface area contributed by atoms with E-state index in [9.17, 15) is 4.79 Å². The van der Waals surface area contributed by atoms with Gasteiger partial charge >= 0.3 is 0 Å². The molecule has 1 heterocycles. The number of nitrogens with one attached hydrogen (secondary N) is 1. The van der Waals surface area contributed by atoms with Crippen LogP contribution in [0.5, 0.6) is 5.75 Å². The second-order valence-electron chi connectivity index (χ2n) is 4.53. The summed E-state index contributed by atoms with van der Waals surface area (Å²) < 4.78 is 5.21. The molecule has 1 aliphatic rings. The first kappa shape index (κ1) is 17.4. The third-order valence-electron chi connectivity index (χ3n) is 3.38. The monoisotopic (exact) mass is 338 g/mol. The van der Waals surface area contributed by atoms with E-state index in [-0.39, 0.29) is 24.4 Å². The lowest BCUT2D eigenvalue weighted by atomic mass is 10.1. The number of methoxy groups -OCH3 is 1. The van der Waals surface area contributed by atoms with Gasteiger partial charge in [0, 0.05) is 25.7 Å². The van der Waals surface area contributed by atoms with Crippen molar-refractivity contribution in [3.05, 3.63) is 27.7 Å². The van der Waals surface area contributed by atoms with E-state index < -0.39 is 0 Å². The van der Waals surface area contributed by atoms with Crippen molar-refractivity contribution in [2.45, 2.75) is 12.5 Å². The van der Waals surface area contributed by atoms with Gasteiger partial charge in [0.2, 0.25) is 0 Å². The van der Waals surface area contributed by atoms with Crippen molar-refractivity contribution in [1.29, 1.82) is 0 Å². The summed E-state index contributed by atoms with van der Waals surface area (Å²) in [7, 11) is 3.30. The first-order chi connectivity index (χ1) is 9.04. The number of hydrogen-bond donors (Lipinski definition) is 1. The second kappa shape index (κ2) is 7.36. The highest BCUT2D eigenvalue weighted by Crippen LogP contribution is 2.31. The lowest BCUT2D eigenvalue weighted by Gasteiger charge is -2.24. The molecule has 2 rings (SSSR count). The summed E-state index contributed by atoms with van der Waals surface area (Å²) >= 11 is 11.9. The van der Waals surface area contributed by atoms with Crippen LogP contribution in [0, 0.1) is 0 Å². The van der Waals surface area contributed by atoms with Gasteiger partial charge in [0.05, 0.1) is 22.7 Å². The molecule has 1 amide bonds. The van der Waals surface area contributed by atoms with Crippen molar-refractivity contribution in [3.63, 3.8) is 0 Å². The van der Waals surface area contributed by atoms with Crippen molar-refractivity contribution < 1.29 is 9.53 Å². The molecular formula is C13H17Cl3N2O2. The molecule has 1 atom stereocenters. The average Bonchev–Trinajstić information content (AvgIpc) is 2.93. The van der Waals surface area contributed by atoms with E-state index in [1.165, 1.54) is 7.11 Å². The Morgan fingerprint density at radius 1 is 1.40 bits per heavy atom. The molecule has 1 saturated heterocycles. The van der Waals surface area contributed by atoms with E-state index in [2.05, 4.69) is 5.32 Å². The summed E-state index contributed by atoms with van der Waals surface area (Å²) in [5.41, 5.74) is 0.436. The first-order valence-electron chi connectivity index (χ1n) is 6.05. The van der Waals surface area contributed by atoms with Crippen LogP contribution in [0.15, 0.2) is 12.1 Å². The predicted octanol–water partition coefficient (Wildman–Crippen LogP) is 2.86. The molecule has 4 nitrogen and oxygen atoms in total. The minimum Gasteiger partial charge on any atom is -0.496 e. The number of ether oxygens (including phenoxy) is 1. The molecule has 0 radical (unpaired) electrons. The zero-order chi connectivity index (χ0) is 14.0. The van der Waals surface area contributed by atoms with Gasteiger partial charge in [0.25, 0.3) is 5.91 Å². The van der Waals surface area contributed by atoms with Gasteiger partial charge in [-0.3, -0.25) is 4.79 Å². The number of halogens is 3. The zero-order valence-electron chi connectivity index (χ0n) is 11.3. The van der Waals surface area contributed by atoms with Crippen molar-refractivity contribution in [2.75, 3.05) is 27.2 Å². The molecule has 1 unspecified atom stereocenters. The third kappa shape index (κ3) is 3.50. The second-order valence-corrected chi connectivity index (χ2v) is 5.34. The Morgan fingerprint density at radius 3 is 2.60 bits per heavy atom. The van der Waals surface area contributed by atoms with Gasteiger partial charge in [0.1, 0.15) is 5.75 Å². The van der Waals surface area contributed by atoms with Gasteiger partial charge in [-0.2, -0.15) is 0 Å². The standard InChI is InChI=1S/C13H16Cl2N2O2.ClH/c1-17(8-3-4-16-7-8)13(18)9-5-10(14)11(15)6-12(9)19-2;/h5-6,8,16H,3-4,7H2,1-2H3;1H. The maximum Gasteiger partial charge on any atom is 0.257 e. The van der Waals surface area contributed by atoms with Crippen LogP contribution in [-0.2, 0) is 0 Å². The van der Waals surface area contributed by atoms with Crippen LogP contribution in [0.3, 0.4) is 0 Å². The summed E-state index contributed by atoms with van der Waals surface area (Å²) in [6.07, 6.45) is 0.950. The van der Waals surface area contributed by atoms with Gasteiger partial charge in [-0.1, -0.05) is 23.2 Å². The maximum absolute atomic E-state index is 12.5. The molecule has 1 aromatic carbocycles. The summed E-state index contributed by atoms with van der Waals surface area (Å²) in [5, 5.41) is 3.96. The van der Waals surface area contributed by atoms with Crippen LogP contribution in [0.1, 0.15) is 16.8 Å². The Morgan fingerprint density at radius 2 is 2.05 bits per heavy atom. The number of amides is 1. The molecule has 0 bridgehead atoms. The molecule has 0 aromatic heterocycles. The van der Waals surface area contributed by atoms with E-state index in [0.29, 0.717) is 21.4 Å². The van der Waals surface area contributed by atoms with Crippen LogP contribution in [0.25, 0.3) is 0 Å². The van der Waals surface area contributed by atoms with Crippen molar-refractivity contribution in [2.24, 2.45) is 0 Å². The molecule has 20 heavy (non-hydrogen) atoms. The fourth-order valence-electron chi connectivity index (χ4n) is 2.19. The Labute approximate surface area is 134 Å². The van der Waals surface area contributed by atoms with Crippen LogP contribution >= 0.6 is 35.6 Å². The van der Waals surface area contributed by atoms with E-state index in [1.54, 1.807) is 24.1 Å². The minimum absolute atomic E-state index is 0. The number of hydrogen-bond acceptors (Lipinski definition) is 3. The molecule has 0 spiro atoms. The Bertz CT molecular complexity index is 491. The summed E-state index contributed by atoms with van der Waals surface area (Å²) in [4.78, 5) is 14.2. The van der Waals surface area contributed by atoms with E-state index in [1.807, 2.05) is 0 Å². The van der Waals surface area contributed by atoms with Gasteiger partial charge in [-0.05, 0) is 19.0 Å². The molecule has 0 saturated carbocycles. The van der Waals surface area contributed by atoms with Gasteiger partial charge in [-0.15, -0.1) is 12.4 Å². The Hall–Kier alpha value is -0.680. The van der Waals surface area contributed by atoms with Crippen LogP contribution in [-0.4, -0.2) is 44.1 Å². The van der Waals surface area contributed by atoms with Crippen molar-refractivity contribution >= 4 is 41.5 Å². The SMILES string of the molecule is COc1cc(Cl)c(Cl)cc1C(=O)N(C)C1CCNC1.Cl. The Kier molecular flexibility index (Phi) is 6.40. The number of likely N-dealkylation sites (N-methyl/N-ethyl adjacent to an activating group) is 1. The van der Waals surface area contributed by atoms with E-state index in [4.69, 9.17) is 27.9 Å². The number of carbonyl (C=O) groups excluding carboxylic acids is 1. The largest absolute Gasteiger partial charge is 0.496 e. The first-order valence-corrected chi connectivity index (χ1v) is 6.81. The van der Waals surface area contributed by atoms with Crippen LogP contribution in [0.2, 0.25) is 10.0 Å². The third-order valence-corrected chi connectivity index (χ3v) is 4.10. The molecule has 112 valence electrons. The molecule has 1 aromatic rings. The van der Waals surface area contributed by atoms with Gasteiger partial charge in [0.15, 0.2) is 0 Å². The number of carbonyl (C=O) groups is 1. The zero-order valence-corrected chi connectivity index (χ0v) is 13.6. The minimum atomic E-state index is -0.107. The lowest BCUT2D eigenvalue weighted by molar-refractivity contribution is 0.0740. The molecule has 1 aliphatic heterocycles. The highest BCUT2D eigenvalue weighted by Gasteiger charge is 2.26. The van der Waals surface area contributed by atoms with Crippen molar-refractivity contribution in [1.82, 2.24) is 10.2 Å². The number of benzene rings is 1. The summed E-state index contributed by atoms with van der Waals surface area (Å²) in [5.74, 6) is 0.335. The highest BCUT2D eigenvalue weighted by molar-refractivity contribution is 6.42.